The lowest BCUT2D eigenvalue weighted by Crippen LogP contribution is -2.30. The molecule has 0 radical (unpaired) electrons. The SMILES string of the molecule is Cc1csc(SCc2ccccc2C(=O)OC(C)C(=O)Nc2ccc(F)c(F)c2F)n1. The summed E-state index contributed by atoms with van der Waals surface area (Å²) in [6.07, 6.45) is -1.30. The van der Waals surface area contributed by atoms with Gasteiger partial charge in [-0.1, -0.05) is 30.0 Å². The Hall–Kier alpha value is -2.85. The van der Waals surface area contributed by atoms with Crippen LogP contribution in [0.15, 0.2) is 46.1 Å². The van der Waals surface area contributed by atoms with Crippen LogP contribution in [0.3, 0.4) is 0 Å². The fourth-order valence-corrected chi connectivity index (χ4v) is 4.37. The molecule has 0 bridgehead atoms. The lowest BCUT2D eigenvalue weighted by Gasteiger charge is -2.15. The normalized spacial score (nSPS) is 11.8. The summed E-state index contributed by atoms with van der Waals surface area (Å²) in [5.41, 5.74) is 1.34. The first-order chi connectivity index (χ1) is 14.8. The van der Waals surface area contributed by atoms with Gasteiger partial charge in [0.2, 0.25) is 0 Å². The molecule has 1 heterocycles. The highest BCUT2D eigenvalue weighted by molar-refractivity contribution is 8.00. The topological polar surface area (TPSA) is 68.3 Å². The van der Waals surface area contributed by atoms with Crippen LogP contribution in [-0.2, 0) is 15.3 Å². The summed E-state index contributed by atoms with van der Waals surface area (Å²) < 4.78 is 46.2. The highest BCUT2D eigenvalue weighted by Crippen LogP contribution is 2.27. The molecular formula is C21H17F3N2O3S2. The van der Waals surface area contributed by atoms with Gasteiger partial charge in [-0.05, 0) is 37.6 Å². The smallest absolute Gasteiger partial charge is 0.339 e. The van der Waals surface area contributed by atoms with E-state index < -0.39 is 41.1 Å². The number of thioether (sulfide) groups is 1. The van der Waals surface area contributed by atoms with E-state index in [4.69, 9.17) is 4.74 Å². The van der Waals surface area contributed by atoms with Gasteiger partial charge in [0, 0.05) is 16.8 Å². The number of aromatic nitrogens is 1. The van der Waals surface area contributed by atoms with Crippen LogP contribution in [-0.4, -0.2) is 23.0 Å². The monoisotopic (exact) mass is 466 g/mol. The number of carbonyl (C=O) groups excluding carboxylic acids is 2. The van der Waals surface area contributed by atoms with Crippen LogP contribution >= 0.6 is 23.1 Å². The van der Waals surface area contributed by atoms with Gasteiger partial charge >= 0.3 is 5.97 Å². The number of nitrogens with one attached hydrogen (secondary N) is 1. The van der Waals surface area contributed by atoms with E-state index in [1.165, 1.54) is 30.0 Å². The van der Waals surface area contributed by atoms with E-state index in [1.54, 1.807) is 24.3 Å². The molecule has 1 N–H and O–H groups in total. The Labute approximate surface area is 184 Å². The van der Waals surface area contributed by atoms with Crippen LogP contribution in [0.2, 0.25) is 0 Å². The molecule has 2 aromatic carbocycles. The van der Waals surface area contributed by atoms with E-state index in [2.05, 4.69) is 10.3 Å². The Bertz CT molecular complexity index is 1120. The van der Waals surface area contributed by atoms with Gasteiger partial charge < -0.3 is 10.1 Å². The molecular weight excluding hydrogens is 449 g/mol. The van der Waals surface area contributed by atoms with E-state index >= 15 is 0 Å². The number of rotatable bonds is 7. The zero-order chi connectivity index (χ0) is 22.5. The molecule has 3 rings (SSSR count). The minimum Gasteiger partial charge on any atom is -0.449 e. The van der Waals surface area contributed by atoms with Crippen molar-refractivity contribution in [1.29, 1.82) is 0 Å². The first-order valence-electron chi connectivity index (χ1n) is 9.04. The van der Waals surface area contributed by atoms with Crippen LogP contribution in [0, 0.1) is 24.4 Å². The van der Waals surface area contributed by atoms with Crippen molar-refractivity contribution in [2.24, 2.45) is 0 Å². The Morgan fingerprint density at radius 2 is 1.90 bits per heavy atom. The number of aryl methyl sites for hydroxylation is 1. The number of hydrogen-bond acceptors (Lipinski definition) is 6. The Morgan fingerprint density at radius 1 is 1.16 bits per heavy atom. The number of nitrogens with zero attached hydrogens (tertiary/aromatic N) is 1. The van der Waals surface area contributed by atoms with Gasteiger partial charge in [-0.25, -0.2) is 22.9 Å². The van der Waals surface area contributed by atoms with Crippen molar-refractivity contribution in [3.63, 3.8) is 0 Å². The highest BCUT2D eigenvalue weighted by Gasteiger charge is 2.23. The summed E-state index contributed by atoms with van der Waals surface area (Å²) in [6, 6.07) is 8.35. The molecule has 1 atom stereocenters. The van der Waals surface area contributed by atoms with Crippen molar-refractivity contribution in [1.82, 2.24) is 4.98 Å². The summed E-state index contributed by atoms with van der Waals surface area (Å²) in [5, 5.41) is 4.02. The van der Waals surface area contributed by atoms with Crippen molar-refractivity contribution in [3.05, 3.63) is 76.1 Å². The van der Waals surface area contributed by atoms with Crippen molar-refractivity contribution in [2.45, 2.75) is 30.0 Å². The summed E-state index contributed by atoms with van der Waals surface area (Å²) in [7, 11) is 0. The zero-order valence-corrected chi connectivity index (χ0v) is 18.1. The third kappa shape index (κ3) is 5.65. The number of anilines is 1. The number of amides is 1. The van der Waals surface area contributed by atoms with Gasteiger partial charge in [0.05, 0.1) is 11.3 Å². The van der Waals surface area contributed by atoms with E-state index in [0.29, 0.717) is 17.4 Å². The largest absolute Gasteiger partial charge is 0.449 e. The number of benzene rings is 2. The lowest BCUT2D eigenvalue weighted by atomic mass is 10.1. The average Bonchev–Trinajstić information content (AvgIpc) is 3.17. The van der Waals surface area contributed by atoms with Gasteiger partial charge in [-0.3, -0.25) is 4.79 Å². The van der Waals surface area contributed by atoms with Crippen molar-refractivity contribution < 1.29 is 27.5 Å². The second kappa shape index (κ2) is 9.97. The maximum absolute atomic E-state index is 13.7. The number of esters is 1. The van der Waals surface area contributed by atoms with Crippen LogP contribution in [0.4, 0.5) is 18.9 Å². The third-order valence-corrected chi connectivity index (χ3v) is 6.32. The summed E-state index contributed by atoms with van der Waals surface area (Å²) in [6.45, 7) is 3.19. The van der Waals surface area contributed by atoms with Gasteiger partial charge in [-0.15, -0.1) is 11.3 Å². The fourth-order valence-electron chi connectivity index (χ4n) is 2.52. The highest BCUT2D eigenvalue weighted by atomic mass is 32.2. The molecule has 10 heteroatoms. The standard InChI is InChI=1S/C21H17F3N2O3S2/c1-11-9-30-21(25-11)31-10-13-5-3-4-6-14(13)20(28)29-12(2)19(27)26-16-8-7-15(22)17(23)18(16)24/h3-9,12H,10H2,1-2H3,(H,26,27). The van der Waals surface area contributed by atoms with E-state index in [0.717, 1.165) is 16.1 Å². The fraction of sp³-hybridized carbons (Fsp3) is 0.190. The summed E-state index contributed by atoms with van der Waals surface area (Å²) in [4.78, 5) is 29.2. The second-order valence-electron chi connectivity index (χ2n) is 6.46. The molecule has 0 saturated carbocycles. The van der Waals surface area contributed by atoms with Crippen molar-refractivity contribution >= 4 is 40.7 Å². The van der Waals surface area contributed by atoms with Crippen LogP contribution in [0.5, 0.6) is 0 Å². The predicted molar refractivity (Wildman–Crippen MR) is 113 cm³/mol. The predicted octanol–water partition coefficient (Wildman–Crippen LogP) is 5.35. The summed E-state index contributed by atoms with van der Waals surface area (Å²) >= 11 is 2.97. The molecule has 162 valence electrons. The molecule has 0 aliphatic rings. The lowest BCUT2D eigenvalue weighted by molar-refractivity contribution is -0.123. The molecule has 0 aliphatic carbocycles. The van der Waals surface area contributed by atoms with Crippen molar-refractivity contribution in [2.75, 3.05) is 5.32 Å². The molecule has 0 fully saturated rings. The van der Waals surface area contributed by atoms with Gasteiger partial charge in [-0.2, -0.15) is 0 Å². The van der Waals surface area contributed by atoms with E-state index in [9.17, 15) is 22.8 Å². The summed E-state index contributed by atoms with van der Waals surface area (Å²) in [5.74, 6) is -5.77. The first-order valence-corrected chi connectivity index (χ1v) is 10.9. The molecule has 31 heavy (non-hydrogen) atoms. The van der Waals surface area contributed by atoms with Crippen LogP contribution in [0.1, 0.15) is 28.5 Å². The van der Waals surface area contributed by atoms with Gasteiger partial charge in [0.1, 0.15) is 4.34 Å². The minimum absolute atomic E-state index is 0.280. The third-order valence-electron chi connectivity index (χ3n) is 4.13. The Balaban J connectivity index is 1.65. The minimum atomic E-state index is -1.70. The number of hydrogen-bond donors (Lipinski definition) is 1. The molecule has 0 spiro atoms. The zero-order valence-electron chi connectivity index (χ0n) is 16.4. The molecule has 0 saturated heterocycles. The van der Waals surface area contributed by atoms with Crippen molar-refractivity contribution in [3.8, 4) is 0 Å². The Morgan fingerprint density at radius 3 is 2.61 bits per heavy atom. The molecule has 1 amide bonds. The van der Waals surface area contributed by atoms with Gasteiger partial charge in [0.25, 0.3) is 5.91 Å². The van der Waals surface area contributed by atoms with E-state index in [1.807, 2.05) is 12.3 Å². The average molecular weight is 467 g/mol. The Kier molecular flexibility index (Phi) is 7.34. The van der Waals surface area contributed by atoms with Crippen LogP contribution < -0.4 is 5.32 Å². The molecule has 5 nitrogen and oxygen atoms in total. The van der Waals surface area contributed by atoms with Crippen LogP contribution in [0.25, 0.3) is 0 Å². The molecule has 0 aliphatic heterocycles. The molecule has 1 aromatic heterocycles. The van der Waals surface area contributed by atoms with E-state index in [-0.39, 0.29) is 5.56 Å². The maximum atomic E-state index is 13.7. The number of halogens is 3. The quantitative estimate of drug-likeness (QED) is 0.289. The number of carbonyl (C=O) groups is 2. The number of ether oxygens (including phenoxy) is 1. The second-order valence-corrected chi connectivity index (χ2v) is 8.54. The number of thiazole rings is 1. The van der Waals surface area contributed by atoms with Gasteiger partial charge in [0.15, 0.2) is 23.6 Å². The molecule has 3 aromatic rings. The first kappa shape index (κ1) is 22.8. The maximum Gasteiger partial charge on any atom is 0.339 e. The molecule has 1 unspecified atom stereocenters.